The first kappa shape index (κ1) is 9.15. The molecule has 0 saturated carbocycles. The van der Waals surface area contributed by atoms with Crippen LogP contribution in [0, 0.1) is 0 Å². The minimum absolute atomic E-state index is 0.599. The number of aromatic nitrogens is 3. The first-order valence-corrected chi connectivity index (χ1v) is 4.09. The summed E-state index contributed by atoms with van der Waals surface area (Å²) >= 11 is 0. The molecular formula is C7H14N4O. The van der Waals surface area contributed by atoms with E-state index in [1.807, 2.05) is 18.5 Å². The van der Waals surface area contributed by atoms with Crippen LogP contribution in [0.3, 0.4) is 0 Å². The van der Waals surface area contributed by atoms with Crippen molar-refractivity contribution in [2.75, 3.05) is 6.61 Å². The van der Waals surface area contributed by atoms with Crippen molar-refractivity contribution in [3.8, 4) is 0 Å². The van der Waals surface area contributed by atoms with Gasteiger partial charge in [-0.25, -0.2) is 9.67 Å². The summed E-state index contributed by atoms with van der Waals surface area (Å²) in [7, 11) is 0. The lowest BCUT2D eigenvalue weighted by Gasteiger charge is -2.03. The van der Waals surface area contributed by atoms with Gasteiger partial charge in [0.15, 0.2) is 0 Å². The van der Waals surface area contributed by atoms with Gasteiger partial charge in [0.05, 0.1) is 13.2 Å². The monoisotopic (exact) mass is 170 g/mol. The second-order valence-electron chi connectivity index (χ2n) is 2.25. The molecule has 1 aromatic heterocycles. The van der Waals surface area contributed by atoms with E-state index in [1.165, 1.54) is 0 Å². The Balaban J connectivity index is 2.39. The van der Waals surface area contributed by atoms with Crippen LogP contribution in [0.15, 0.2) is 6.33 Å². The molecule has 1 heterocycles. The highest BCUT2D eigenvalue weighted by Crippen LogP contribution is 1.92. The molecule has 0 aliphatic carbocycles. The van der Waals surface area contributed by atoms with Gasteiger partial charge < -0.3 is 4.84 Å². The summed E-state index contributed by atoms with van der Waals surface area (Å²) in [5.41, 5.74) is 2.79. The van der Waals surface area contributed by atoms with Gasteiger partial charge in [-0.15, -0.1) is 0 Å². The minimum atomic E-state index is 0.599. The molecular weight excluding hydrogens is 156 g/mol. The van der Waals surface area contributed by atoms with Gasteiger partial charge in [-0.05, 0) is 13.8 Å². The van der Waals surface area contributed by atoms with Gasteiger partial charge in [-0.2, -0.15) is 10.6 Å². The third-order valence-corrected chi connectivity index (χ3v) is 1.47. The topological polar surface area (TPSA) is 52.0 Å². The highest BCUT2D eigenvalue weighted by Gasteiger charge is 2.00. The maximum Gasteiger partial charge on any atom is 0.143 e. The number of nitrogens with zero attached hydrogens (tertiary/aromatic N) is 3. The quantitative estimate of drug-likeness (QED) is 0.511. The van der Waals surface area contributed by atoms with Crippen molar-refractivity contribution < 1.29 is 4.84 Å². The van der Waals surface area contributed by atoms with Gasteiger partial charge in [0.2, 0.25) is 0 Å². The molecule has 0 aliphatic rings. The first-order chi connectivity index (χ1) is 5.88. The zero-order valence-corrected chi connectivity index (χ0v) is 7.45. The van der Waals surface area contributed by atoms with Crippen molar-refractivity contribution in [3.63, 3.8) is 0 Å². The molecule has 5 nitrogen and oxygen atoms in total. The van der Waals surface area contributed by atoms with Crippen LogP contribution in [-0.2, 0) is 17.9 Å². The van der Waals surface area contributed by atoms with Crippen molar-refractivity contribution in [2.45, 2.75) is 26.9 Å². The average molecular weight is 170 g/mol. The summed E-state index contributed by atoms with van der Waals surface area (Å²) < 4.78 is 1.83. The standard InChI is InChI=1S/C7H14N4O/c1-3-11-7(8-6-9-11)5-10-12-4-2/h6,10H,3-5H2,1-2H3. The molecule has 0 aliphatic heterocycles. The Labute approximate surface area is 71.7 Å². The van der Waals surface area contributed by atoms with E-state index in [-0.39, 0.29) is 0 Å². The van der Waals surface area contributed by atoms with Crippen LogP contribution in [0.4, 0.5) is 0 Å². The molecule has 0 fully saturated rings. The predicted octanol–water partition coefficient (Wildman–Crippen LogP) is 0.339. The number of aryl methyl sites for hydroxylation is 1. The molecule has 1 rings (SSSR count). The predicted molar refractivity (Wildman–Crippen MR) is 44.2 cm³/mol. The molecule has 0 radical (unpaired) electrons. The highest BCUT2D eigenvalue weighted by molar-refractivity contribution is 4.81. The van der Waals surface area contributed by atoms with Gasteiger partial charge in [0.1, 0.15) is 12.2 Å². The Morgan fingerprint density at radius 2 is 2.42 bits per heavy atom. The molecule has 5 heteroatoms. The summed E-state index contributed by atoms with van der Waals surface area (Å²) in [4.78, 5) is 9.04. The van der Waals surface area contributed by atoms with E-state index in [2.05, 4.69) is 15.6 Å². The van der Waals surface area contributed by atoms with Gasteiger partial charge in [-0.1, -0.05) is 0 Å². The van der Waals surface area contributed by atoms with E-state index in [0.717, 1.165) is 12.4 Å². The zero-order chi connectivity index (χ0) is 8.81. The lowest BCUT2D eigenvalue weighted by Crippen LogP contribution is -2.17. The Morgan fingerprint density at radius 1 is 1.58 bits per heavy atom. The lowest BCUT2D eigenvalue weighted by molar-refractivity contribution is 0.0440. The average Bonchev–Trinajstić information content (AvgIpc) is 2.52. The highest BCUT2D eigenvalue weighted by atomic mass is 16.6. The number of hydrogen-bond acceptors (Lipinski definition) is 4. The van der Waals surface area contributed by atoms with Crippen LogP contribution < -0.4 is 5.48 Å². The SMILES string of the molecule is CCONCc1ncnn1CC. The van der Waals surface area contributed by atoms with E-state index in [0.29, 0.717) is 13.2 Å². The Hall–Kier alpha value is -0.940. The summed E-state index contributed by atoms with van der Waals surface area (Å²) in [6.45, 7) is 6.04. The zero-order valence-electron chi connectivity index (χ0n) is 7.45. The Kier molecular flexibility index (Phi) is 3.69. The molecule has 0 saturated heterocycles. The number of hydroxylamine groups is 1. The Bertz CT molecular complexity index is 223. The van der Waals surface area contributed by atoms with Gasteiger partial charge >= 0.3 is 0 Å². The maximum atomic E-state index is 4.98. The lowest BCUT2D eigenvalue weighted by atomic mass is 10.6. The van der Waals surface area contributed by atoms with E-state index in [4.69, 9.17) is 4.84 Å². The van der Waals surface area contributed by atoms with Crippen LogP contribution >= 0.6 is 0 Å². The van der Waals surface area contributed by atoms with Crippen molar-refractivity contribution in [1.29, 1.82) is 0 Å². The van der Waals surface area contributed by atoms with E-state index >= 15 is 0 Å². The summed E-state index contributed by atoms with van der Waals surface area (Å²) in [6, 6.07) is 0. The third kappa shape index (κ3) is 2.28. The van der Waals surface area contributed by atoms with E-state index < -0.39 is 0 Å². The number of rotatable bonds is 5. The molecule has 1 N–H and O–H groups in total. The van der Waals surface area contributed by atoms with Crippen molar-refractivity contribution in [1.82, 2.24) is 20.2 Å². The third-order valence-electron chi connectivity index (χ3n) is 1.47. The summed E-state index contributed by atoms with van der Waals surface area (Å²) in [6.07, 6.45) is 1.55. The number of hydrogen-bond donors (Lipinski definition) is 1. The van der Waals surface area contributed by atoms with Gasteiger partial charge in [0, 0.05) is 6.54 Å². The van der Waals surface area contributed by atoms with Crippen molar-refractivity contribution >= 4 is 0 Å². The molecule has 0 amide bonds. The smallest absolute Gasteiger partial charge is 0.143 e. The second-order valence-corrected chi connectivity index (χ2v) is 2.25. The fourth-order valence-corrected chi connectivity index (χ4v) is 0.907. The first-order valence-electron chi connectivity index (χ1n) is 4.09. The molecule has 0 spiro atoms. The van der Waals surface area contributed by atoms with Gasteiger partial charge in [0.25, 0.3) is 0 Å². The van der Waals surface area contributed by atoms with Crippen LogP contribution in [0.25, 0.3) is 0 Å². The minimum Gasteiger partial charge on any atom is -0.302 e. The largest absolute Gasteiger partial charge is 0.302 e. The molecule has 1 aromatic rings. The van der Waals surface area contributed by atoms with E-state index in [9.17, 15) is 0 Å². The molecule has 68 valence electrons. The van der Waals surface area contributed by atoms with Crippen LogP contribution in [0.1, 0.15) is 19.7 Å². The Morgan fingerprint density at radius 3 is 3.08 bits per heavy atom. The summed E-state index contributed by atoms with van der Waals surface area (Å²) in [5, 5.41) is 4.02. The fourth-order valence-electron chi connectivity index (χ4n) is 0.907. The molecule has 0 aromatic carbocycles. The van der Waals surface area contributed by atoms with Crippen LogP contribution in [-0.4, -0.2) is 21.4 Å². The molecule has 0 atom stereocenters. The molecule has 0 unspecified atom stereocenters. The second kappa shape index (κ2) is 4.84. The molecule has 0 bridgehead atoms. The van der Waals surface area contributed by atoms with Crippen LogP contribution in [0.2, 0.25) is 0 Å². The van der Waals surface area contributed by atoms with Crippen LogP contribution in [0.5, 0.6) is 0 Å². The van der Waals surface area contributed by atoms with Crippen molar-refractivity contribution in [3.05, 3.63) is 12.2 Å². The molecule has 12 heavy (non-hydrogen) atoms. The number of nitrogens with one attached hydrogen (secondary N) is 1. The normalized spacial score (nSPS) is 10.5. The maximum absolute atomic E-state index is 4.98. The van der Waals surface area contributed by atoms with Crippen molar-refractivity contribution in [2.24, 2.45) is 0 Å². The van der Waals surface area contributed by atoms with Gasteiger partial charge in [-0.3, -0.25) is 0 Å². The summed E-state index contributed by atoms with van der Waals surface area (Å²) in [5.74, 6) is 0.894. The fraction of sp³-hybridized carbons (Fsp3) is 0.714. The van der Waals surface area contributed by atoms with E-state index in [1.54, 1.807) is 6.33 Å².